The lowest BCUT2D eigenvalue weighted by atomic mass is 9.94. The van der Waals surface area contributed by atoms with Gasteiger partial charge in [-0.3, -0.25) is 4.79 Å². The topological polar surface area (TPSA) is 65.1 Å². The molecule has 0 spiro atoms. The monoisotopic (exact) mass is 605 g/mol. The molecule has 0 saturated carbocycles. The van der Waals surface area contributed by atoms with Crippen LogP contribution in [-0.4, -0.2) is 30.1 Å². The maximum atomic E-state index is 13.9. The van der Waals surface area contributed by atoms with E-state index < -0.39 is 23.8 Å². The molecule has 6 nitrogen and oxygen atoms in total. The van der Waals surface area contributed by atoms with E-state index in [1.165, 1.54) is 11.0 Å². The van der Waals surface area contributed by atoms with Gasteiger partial charge in [-0.15, -0.1) is 0 Å². The van der Waals surface area contributed by atoms with Crippen LogP contribution in [0.25, 0.3) is 11.1 Å². The first kappa shape index (κ1) is 32.1. The van der Waals surface area contributed by atoms with E-state index in [-0.39, 0.29) is 44.9 Å². The van der Waals surface area contributed by atoms with Gasteiger partial charge in [0.2, 0.25) is 0 Å². The summed E-state index contributed by atoms with van der Waals surface area (Å²) >= 11 is 0. The molecular formula is C35H34F3NO5. The molecule has 0 heterocycles. The molecule has 0 fully saturated rings. The Hall–Kier alpha value is -4.79. The molecule has 0 aromatic heterocycles. The number of amides is 1. The Kier molecular flexibility index (Phi) is 11.0. The first-order chi connectivity index (χ1) is 21.2. The summed E-state index contributed by atoms with van der Waals surface area (Å²) in [6.07, 6.45) is -5.28. The number of ether oxygens (including phenoxy) is 3. The Bertz CT molecular complexity index is 1540. The van der Waals surface area contributed by atoms with Crippen LogP contribution in [0.5, 0.6) is 5.75 Å². The minimum Gasteiger partial charge on any atom is -0.488 e. The third kappa shape index (κ3) is 8.86. The van der Waals surface area contributed by atoms with E-state index in [2.05, 4.69) is 0 Å². The molecule has 0 N–H and O–H groups in total. The normalized spacial score (nSPS) is 11.1. The van der Waals surface area contributed by atoms with Crippen molar-refractivity contribution < 1.29 is 37.0 Å². The van der Waals surface area contributed by atoms with Crippen molar-refractivity contribution in [3.05, 3.63) is 125 Å². The van der Waals surface area contributed by atoms with Crippen molar-refractivity contribution in [2.24, 2.45) is 0 Å². The number of carbonyl (C=O) groups excluding carboxylic acids is 2. The summed E-state index contributed by atoms with van der Waals surface area (Å²) in [6.45, 7) is 3.95. The summed E-state index contributed by atoms with van der Waals surface area (Å²) in [7, 11) is 0. The Labute approximate surface area is 255 Å². The van der Waals surface area contributed by atoms with Gasteiger partial charge in [-0.1, -0.05) is 72.8 Å². The zero-order valence-corrected chi connectivity index (χ0v) is 24.6. The van der Waals surface area contributed by atoms with Gasteiger partial charge in [0.05, 0.1) is 18.6 Å². The average molecular weight is 606 g/mol. The molecule has 0 aliphatic carbocycles. The number of halogens is 3. The van der Waals surface area contributed by atoms with E-state index >= 15 is 0 Å². The molecule has 0 aliphatic heterocycles. The summed E-state index contributed by atoms with van der Waals surface area (Å²) in [4.78, 5) is 26.7. The van der Waals surface area contributed by atoms with Gasteiger partial charge in [-0.05, 0) is 65.9 Å². The highest BCUT2D eigenvalue weighted by molar-refractivity contribution is 5.78. The third-order valence-corrected chi connectivity index (χ3v) is 6.86. The SMILES string of the molecule is CCOC(=O)Cc1ccc(OCc2ccccc2)c(-c2ccc(C(F)(F)F)cc2CN(CC)C(=O)OCc2ccccc2)c1. The van der Waals surface area contributed by atoms with Gasteiger partial charge < -0.3 is 19.1 Å². The van der Waals surface area contributed by atoms with Gasteiger partial charge in [-0.25, -0.2) is 4.79 Å². The molecule has 0 unspecified atom stereocenters. The van der Waals surface area contributed by atoms with E-state index in [0.29, 0.717) is 22.4 Å². The quantitative estimate of drug-likeness (QED) is 0.152. The Morgan fingerprint density at radius 2 is 1.39 bits per heavy atom. The average Bonchev–Trinajstić information content (AvgIpc) is 3.02. The van der Waals surface area contributed by atoms with Gasteiger partial charge in [0.15, 0.2) is 0 Å². The van der Waals surface area contributed by atoms with Crippen LogP contribution in [0.3, 0.4) is 0 Å². The van der Waals surface area contributed by atoms with Gasteiger partial charge in [0, 0.05) is 18.7 Å². The molecule has 4 rings (SSSR count). The smallest absolute Gasteiger partial charge is 0.416 e. The first-order valence-electron chi connectivity index (χ1n) is 14.3. The van der Waals surface area contributed by atoms with Gasteiger partial charge in [0.25, 0.3) is 0 Å². The van der Waals surface area contributed by atoms with Crippen molar-refractivity contribution in [3.63, 3.8) is 0 Å². The highest BCUT2D eigenvalue weighted by atomic mass is 19.4. The van der Waals surface area contributed by atoms with Crippen LogP contribution in [-0.2, 0) is 46.6 Å². The fourth-order valence-electron chi connectivity index (χ4n) is 4.62. The highest BCUT2D eigenvalue weighted by Gasteiger charge is 2.32. The molecule has 0 bridgehead atoms. The number of hydrogen-bond acceptors (Lipinski definition) is 5. The zero-order valence-electron chi connectivity index (χ0n) is 24.6. The van der Waals surface area contributed by atoms with Crippen LogP contribution in [0.2, 0.25) is 0 Å². The number of benzene rings is 4. The summed E-state index contributed by atoms with van der Waals surface area (Å²) in [6, 6.07) is 27.1. The lowest BCUT2D eigenvalue weighted by Gasteiger charge is -2.24. The minimum atomic E-state index is -4.60. The lowest BCUT2D eigenvalue weighted by Crippen LogP contribution is -2.31. The van der Waals surface area contributed by atoms with E-state index in [9.17, 15) is 22.8 Å². The Balaban J connectivity index is 1.72. The number of hydrogen-bond donors (Lipinski definition) is 0. The van der Waals surface area contributed by atoms with E-state index in [1.54, 1.807) is 32.0 Å². The van der Waals surface area contributed by atoms with Crippen LogP contribution in [0, 0.1) is 0 Å². The number of esters is 1. The van der Waals surface area contributed by atoms with Crippen molar-refractivity contribution in [3.8, 4) is 16.9 Å². The molecule has 0 atom stereocenters. The highest BCUT2D eigenvalue weighted by Crippen LogP contribution is 2.38. The Morgan fingerprint density at radius 1 is 0.727 bits per heavy atom. The third-order valence-electron chi connectivity index (χ3n) is 6.86. The molecule has 0 radical (unpaired) electrons. The van der Waals surface area contributed by atoms with Crippen LogP contribution in [0.15, 0.2) is 97.1 Å². The molecule has 0 aliphatic rings. The van der Waals surface area contributed by atoms with Crippen molar-refractivity contribution in [1.29, 1.82) is 0 Å². The van der Waals surface area contributed by atoms with E-state index in [4.69, 9.17) is 14.2 Å². The maximum Gasteiger partial charge on any atom is 0.416 e. The standard InChI is InChI=1S/C35H34F3NO5/c1-3-39(34(41)44-24-26-13-9-6-10-14-26)22-28-21-29(35(36,37)38)16-17-30(28)31-19-27(20-33(40)42-4-2)15-18-32(31)43-23-25-11-7-5-8-12-25/h5-19,21H,3-4,20,22-24H2,1-2H3. The zero-order chi connectivity index (χ0) is 31.5. The summed E-state index contributed by atoms with van der Waals surface area (Å²) in [5.41, 5.74) is 2.61. The van der Waals surface area contributed by atoms with Crippen LogP contribution in [0.1, 0.15) is 41.7 Å². The fraction of sp³-hybridized carbons (Fsp3) is 0.257. The van der Waals surface area contributed by atoms with Crippen molar-refractivity contribution >= 4 is 12.1 Å². The summed E-state index contributed by atoms with van der Waals surface area (Å²) in [5.74, 6) is -0.0143. The first-order valence-corrected chi connectivity index (χ1v) is 14.3. The largest absolute Gasteiger partial charge is 0.488 e. The summed E-state index contributed by atoms with van der Waals surface area (Å²) < 4.78 is 58.4. The van der Waals surface area contributed by atoms with Crippen LogP contribution in [0.4, 0.5) is 18.0 Å². The molecule has 4 aromatic carbocycles. The molecule has 0 saturated heterocycles. The number of nitrogens with zero attached hydrogens (tertiary/aromatic N) is 1. The molecule has 4 aromatic rings. The lowest BCUT2D eigenvalue weighted by molar-refractivity contribution is -0.142. The van der Waals surface area contributed by atoms with Crippen molar-refractivity contribution in [1.82, 2.24) is 4.90 Å². The number of alkyl halides is 3. The van der Waals surface area contributed by atoms with Gasteiger partial charge in [0.1, 0.15) is 19.0 Å². The second-order valence-corrected chi connectivity index (χ2v) is 10.0. The van der Waals surface area contributed by atoms with Gasteiger partial charge in [-0.2, -0.15) is 13.2 Å². The van der Waals surface area contributed by atoms with Gasteiger partial charge >= 0.3 is 18.2 Å². The second-order valence-electron chi connectivity index (χ2n) is 10.0. The van der Waals surface area contributed by atoms with Crippen molar-refractivity contribution in [2.75, 3.05) is 13.2 Å². The second kappa shape index (κ2) is 15.1. The minimum absolute atomic E-state index is 0.0251. The molecule has 44 heavy (non-hydrogen) atoms. The van der Waals surface area contributed by atoms with Crippen molar-refractivity contribution in [2.45, 2.75) is 46.2 Å². The molecule has 9 heteroatoms. The predicted octanol–water partition coefficient (Wildman–Crippen LogP) is 8.22. The number of rotatable bonds is 12. The molecule has 230 valence electrons. The van der Waals surface area contributed by atoms with E-state index in [1.807, 2.05) is 60.7 Å². The summed E-state index contributed by atoms with van der Waals surface area (Å²) in [5, 5.41) is 0. The van der Waals surface area contributed by atoms with E-state index in [0.717, 1.165) is 23.3 Å². The number of carbonyl (C=O) groups is 2. The predicted molar refractivity (Wildman–Crippen MR) is 161 cm³/mol. The molecule has 1 amide bonds. The van der Waals surface area contributed by atoms with Crippen LogP contribution >= 0.6 is 0 Å². The fourth-order valence-corrected chi connectivity index (χ4v) is 4.62. The Morgan fingerprint density at radius 3 is 2.00 bits per heavy atom. The molecular weight excluding hydrogens is 571 g/mol. The maximum absolute atomic E-state index is 13.9. The van der Waals surface area contributed by atoms with Crippen LogP contribution < -0.4 is 4.74 Å².